The van der Waals surface area contributed by atoms with Crippen molar-refractivity contribution in [3.63, 3.8) is 0 Å². The topological polar surface area (TPSA) is 37.3 Å². The highest BCUT2D eigenvalue weighted by atomic mass is 32.2. The van der Waals surface area contributed by atoms with Crippen LogP contribution in [0.3, 0.4) is 0 Å². The minimum Gasteiger partial charge on any atom is -0.301 e. The van der Waals surface area contributed by atoms with Gasteiger partial charge in [0, 0.05) is 11.0 Å². The second kappa shape index (κ2) is 5.10. The second-order valence-corrected chi connectivity index (χ2v) is 5.13. The molecule has 0 heterocycles. The summed E-state index contributed by atoms with van der Waals surface area (Å²) in [5, 5.41) is -10.3. The minimum absolute atomic E-state index is 0.229. The number of hydrogen-bond acceptors (Lipinski definition) is 2. The molecule has 0 fully saturated rings. The largest absolute Gasteiger partial charge is 0.416 e. The Morgan fingerprint density at radius 3 is 2.17 bits per heavy atom. The van der Waals surface area contributed by atoms with Crippen molar-refractivity contribution in [2.75, 3.05) is 0 Å². The van der Waals surface area contributed by atoms with Crippen molar-refractivity contribution in [3.05, 3.63) is 29.8 Å². The maximum atomic E-state index is 13.0. The molecule has 0 aliphatic carbocycles. The Balaban J connectivity index is 3.06. The predicted molar refractivity (Wildman–Crippen MR) is 52.9 cm³/mol. The molecule has 10 heteroatoms. The molecule has 2 nitrogen and oxygen atoms in total. The molecule has 1 aromatic rings. The fourth-order valence-corrected chi connectivity index (χ4v) is 2.09. The molecular weight excluding hydrogens is 306 g/mol. The molecule has 0 aliphatic rings. The fraction of sp³-hybridized carbons (Fsp3) is 0.250. The van der Waals surface area contributed by atoms with Gasteiger partial charge in [-0.05, 0) is 23.9 Å². The molecular formula is C8H4F6O2S2. The Morgan fingerprint density at radius 1 is 1.17 bits per heavy atom. The molecule has 0 spiro atoms. The lowest BCUT2D eigenvalue weighted by Crippen LogP contribution is -2.41. The van der Waals surface area contributed by atoms with Crippen molar-refractivity contribution in [2.24, 2.45) is 0 Å². The van der Waals surface area contributed by atoms with Gasteiger partial charge in [0.15, 0.2) is 0 Å². The highest BCUT2D eigenvalue weighted by Gasteiger charge is 2.62. The molecule has 1 rings (SSSR count). The SMILES string of the molecule is O=S(O)C(F)(F)C(F)(F)Sc1ccc(F)cc1F. The van der Waals surface area contributed by atoms with Crippen LogP contribution in [0.2, 0.25) is 0 Å². The van der Waals surface area contributed by atoms with Crippen molar-refractivity contribution >= 4 is 22.8 Å². The van der Waals surface area contributed by atoms with Crippen LogP contribution in [-0.2, 0) is 11.1 Å². The van der Waals surface area contributed by atoms with Crippen LogP contribution in [0.25, 0.3) is 0 Å². The number of halogens is 6. The first-order valence-electron chi connectivity index (χ1n) is 4.08. The summed E-state index contributed by atoms with van der Waals surface area (Å²) >= 11 is -5.09. The molecule has 0 bridgehead atoms. The second-order valence-electron chi connectivity index (χ2n) is 2.96. The molecule has 1 atom stereocenters. The molecule has 0 aromatic heterocycles. The van der Waals surface area contributed by atoms with E-state index in [9.17, 15) is 30.6 Å². The van der Waals surface area contributed by atoms with E-state index in [2.05, 4.69) is 0 Å². The number of benzene rings is 1. The van der Waals surface area contributed by atoms with E-state index in [0.717, 1.165) is 0 Å². The maximum Gasteiger partial charge on any atom is 0.416 e. The van der Waals surface area contributed by atoms with E-state index in [4.69, 9.17) is 4.55 Å². The summed E-state index contributed by atoms with van der Waals surface area (Å²) in [6, 6.07) is 1.35. The Morgan fingerprint density at radius 2 is 1.72 bits per heavy atom. The van der Waals surface area contributed by atoms with Gasteiger partial charge in [-0.15, -0.1) is 0 Å². The van der Waals surface area contributed by atoms with E-state index in [1.807, 2.05) is 0 Å². The first kappa shape index (κ1) is 15.3. The van der Waals surface area contributed by atoms with Gasteiger partial charge in [0.05, 0.1) is 0 Å². The summed E-state index contributed by atoms with van der Waals surface area (Å²) in [4.78, 5) is -0.966. The zero-order valence-corrected chi connectivity index (χ0v) is 9.80. The molecule has 18 heavy (non-hydrogen) atoms. The third kappa shape index (κ3) is 2.98. The summed E-state index contributed by atoms with van der Waals surface area (Å²) < 4.78 is 95.1. The van der Waals surface area contributed by atoms with Crippen LogP contribution in [0.5, 0.6) is 0 Å². The lowest BCUT2D eigenvalue weighted by atomic mass is 10.3. The van der Waals surface area contributed by atoms with Crippen molar-refractivity contribution < 1.29 is 35.1 Å². The molecule has 1 aromatic carbocycles. The van der Waals surface area contributed by atoms with Crippen LogP contribution >= 0.6 is 11.8 Å². The van der Waals surface area contributed by atoms with Gasteiger partial charge in [-0.25, -0.2) is 13.0 Å². The van der Waals surface area contributed by atoms with Gasteiger partial charge in [0.1, 0.15) is 11.6 Å². The van der Waals surface area contributed by atoms with Crippen LogP contribution < -0.4 is 0 Å². The molecule has 0 aliphatic heterocycles. The van der Waals surface area contributed by atoms with Crippen molar-refractivity contribution in [3.8, 4) is 0 Å². The van der Waals surface area contributed by atoms with E-state index in [0.29, 0.717) is 12.1 Å². The smallest absolute Gasteiger partial charge is 0.301 e. The highest BCUT2D eigenvalue weighted by Crippen LogP contribution is 2.48. The zero-order valence-electron chi connectivity index (χ0n) is 8.17. The summed E-state index contributed by atoms with van der Waals surface area (Å²) in [5.41, 5.74) is 0. The van der Waals surface area contributed by atoms with Gasteiger partial charge in [0.2, 0.25) is 11.1 Å². The Hall–Kier alpha value is -0.740. The number of rotatable bonds is 4. The molecule has 0 saturated heterocycles. The van der Waals surface area contributed by atoms with Crippen LogP contribution in [-0.4, -0.2) is 19.3 Å². The Bertz CT molecular complexity index is 479. The van der Waals surface area contributed by atoms with Crippen LogP contribution in [0.4, 0.5) is 26.3 Å². The first-order valence-corrected chi connectivity index (χ1v) is 6.01. The van der Waals surface area contributed by atoms with E-state index >= 15 is 0 Å². The zero-order chi connectivity index (χ0) is 14.1. The van der Waals surface area contributed by atoms with Crippen LogP contribution in [0.1, 0.15) is 0 Å². The van der Waals surface area contributed by atoms with Gasteiger partial charge < -0.3 is 4.55 Å². The van der Waals surface area contributed by atoms with E-state index in [1.54, 1.807) is 0 Å². The molecule has 0 amide bonds. The van der Waals surface area contributed by atoms with E-state index in [1.165, 1.54) is 0 Å². The summed E-state index contributed by atoms with van der Waals surface area (Å²) in [7, 11) is 0. The standard InChI is InChI=1S/C8H4F6O2S2/c9-4-1-2-6(5(10)3-4)17-7(11,12)8(13,14)18(15)16/h1-3H,(H,15,16). The van der Waals surface area contributed by atoms with Gasteiger partial charge >= 0.3 is 10.5 Å². The monoisotopic (exact) mass is 310 g/mol. The van der Waals surface area contributed by atoms with Gasteiger partial charge in [0.25, 0.3) is 0 Å². The normalized spacial score (nSPS) is 14.6. The van der Waals surface area contributed by atoms with Gasteiger partial charge in [-0.3, -0.25) is 0 Å². The predicted octanol–water partition coefficient (Wildman–Crippen LogP) is 3.46. The number of alkyl halides is 4. The van der Waals surface area contributed by atoms with E-state index < -0.39 is 49.9 Å². The number of thioether (sulfide) groups is 1. The van der Waals surface area contributed by atoms with Crippen LogP contribution in [0.15, 0.2) is 23.1 Å². The minimum atomic E-state index is -5.27. The average Bonchev–Trinajstić information content (AvgIpc) is 2.21. The maximum absolute atomic E-state index is 13.0. The van der Waals surface area contributed by atoms with Gasteiger partial charge in [-0.2, -0.15) is 17.6 Å². The quantitative estimate of drug-likeness (QED) is 0.526. The van der Waals surface area contributed by atoms with Gasteiger partial charge in [-0.1, -0.05) is 0 Å². The fourth-order valence-electron chi connectivity index (χ4n) is 0.857. The third-order valence-corrected chi connectivity index (χ3v) is 3.58. The third-order valence-electron chi connectivity index (χ3n) is 1.69. The molecule has 102 valence electrons. The lowest BCUT2D eigenvalue weighted by Gasteiger charge is -2.22. The van der Waals surface area contributed by atoms with Crippen LogP contribution in [0, 0.1) is 11.6 Å². The number of hydrogen-bond donors (Lipinski definition) is 1. The summed E-state index contributed by atoms with van der Waals surface area (Å²) in [6.45, 7) is 0. The molecule has 0 radical (unpaired) electrons. The van der Waals surface area contributed by atoms with E-state index in [-0.39, 0.29) is 6.07 Å². The highest BCUT2D eigenvalue weighted by molar-refractivity contribution is 8.01. The molecule has 0 saturated carbocycles. The first-order chi connectivity index (χ1) is 8.08. The summed E-state index contributed by atoms with van der Waals surface area (Å²) in [6.07, 6.45) is 0. The van der Waals surface area contributed by atoms with Crippen molar-refractivity contribution in [2.45, 2.75) is 15.4 Å². The molecule has 1 unspecified atom stereocenters. The Labute approximate surface area is 104 Å². The summed E-state index contributed by atoms with van der Waals surface area (Å²) in [5.74, 6) is -2.54. The van der Waals surface area contributed by atoms with Crippen molar-refractivity contribution in [1.82, 2.24) is 0 Å². The lowest BCUT2D eigenvalue weighted by molar-refractivity contribution is -0.0907. The Kier molecular flexibility index (Phi) is 4.34. The average molecular weight is 310 g/mol. The molecule has 1 N–H and O–H groups in total. The van der Waals surface area contributed by atoms with Crippen molar-refractivity contribution in [1.29, 1.82) is 0 Å².